The van der Waals surface area contributed by atoms with Gasteiger partial charge in [-0.3, -0.25) is 4.79 Å². The van der Waals surface area contributed by atoms with E-state index >= 15 is 0 Å². The van der Waals surface area contributed by atoms with Crippen LogP contribution in [0.25, 0.3) is 0 Å². The fourth-order valence-electron chi connectivity index (χ4n) is 2.18. The normalized spacial score (nSPS) is 12.8. The largest absolute Gasteiger partial charge is 0.330 e. The van der Waals surface area contributed by atoms with Crippen LogP contribution in [0.5, 0.6) is 0 Å². The molecule has 5 heteroatoms. The number of rotatable bonds is 10. The topological polar surface area (TPSA) is 75.4 Å². The van der Waals surface area contributed by atoms with E-state index in [9.17, 15) is 9.59 Å². The van der Waals surface area contributed by atoms with Crippen LogP contribution in [-0.2, 0) is 9.59 Å². The lowest BCUT2D eigenvalue weighted by Gasteiger charge is -2.40. The van der Waals surface area contributed by atoms with E-state index in [2.05, 4.69) is 11.9 Å². The molecule has 0 fully saturated rings. The summed E-state index contributed by atoms with van der Waals surface area (Å²) in [6.07, 6.45) is 4.94. The molecule has 0 unspecified atom stereocenters. The lowest BCUT2D eigenvalue weighted by Crippen LogP contribution is -2.54. The number of unbranched alkanes of at least 4 members (excludes halogenated alkanes) is 1. The fourth-order valence-corrected chi connectivity index (χ4v) is 2.18. The first-order valence-corrected chi connectivity index (χ1v) is 7.17. The van der Waals surface area contributed by atoms with Crippen molar-refractivity contribution in [3.63, 3.8) is 0 Å². The number of nitrogens with one attached hydrogen (secondary N) is 1. The molecule has 0 aromatic rings. The van der Waals surface area contributed by atoms with Crippen molar-refractivity contribution in [2.24, 2.45) is 5.73 Å². The Kier molecular flexibility index (Phi) is 9.08. The van der Waals surface area contributed by atoms with Gasteiger partial charge in [0.25, 0.3) is 0 Å². The third-order valence-corrected chi connectivity index (χ3v) is 3.00. The first kappa shape index (κ1) is 18.8. The van der Waals surface area contributed by atoms with Gasteiger partial charge in [-0.1, -0.05) is 6.08 Å². The number of carbonyl (C=O) groups excluding carboxylic acids is 2. The van der Waals surface area contributed by atoms with Crippen molar-refractivity contribution >= 4 is 12.2 Å². The quantitative estimate of drug-likeness (QED) is 0.357. The maximum Gasteiger partial charge on any atom is 0.237 e. The smallest absolute Gasteiger partial charge is 0.237 e. The van der Waals surface area contributed by atoms with Crippen molar-refractivity contribution < 1.29 is 9.59 Å². The van der Waals surface area contributed by atoms with Crippen LogP contribution in [-0.4, -0.2) is 48.3 Å². The summed E-state index contributed by atoms with van der Waals surface area (Å²) in [5.74, 6) is -0.0656. The first-order valence-electron chi connectivity index (χ1n) is 7.17. The van der Waals surface area contributed by atoms with E-state index in [1.54, 1.807) is 11.0 Å². The molecule has 0 rings (SSSR count). The van der Waals surface area contributed by atoms with Gasteiger partial charge in [0.1, 0.15) is 6.29 Å². The van der Waals surface area contributed by atoms with Gasteiger partial charge in [0.05, 0.1) is 12.6 Å². The van der Waals surface area contributed by atoms with Crippen LogP contribution in [0.3, 0.4) is 0 Å². The Morgan fingerprint density at radius 3 is 2.50 bits per heavy atom. The Bertz CT molecular complexity index is 311. The predicted molar refractivity (Wildman–Crippen MR) is 82.4 cm³/mol. The SMILES string of the molecule is C=CCNCC(=O)N([C@H](C=O)CCCCN)C(C)(C)C. The standard InChI is InChI=1S/C15H29N3O2/c1-5-10-17-11-14(20)18(15(2,3)4)13(12-19)8-6-7-9-16/h5,12-13,17H,1,6-11,16H2,2-4H3/t13-/m0/s1. The van der Waals surface area contributed by atoms with E-state index in [4.69, 9.17) is 5.73 Å². The average molecular weight is 283 g/mol. The zero-order valence-electron chi connectivity index (χ0n) is 13.0. The molecule has 0 aliphatic rings. The molecule has 0 radical (unpaired) electrons. The van der Waals surface area contributed by atoms with Gasteiger partial charge in [0, 0.05) is 12.1 Å². The monoisotopic (exact) mass is 283 g/mol. The summed E-state index contributed by atoms with van der Waals surface area (Å²) in [7, 11) is 0. The van der Waals surface area contributed by atoms with E-state index in [0.29, 0.717) is 19.5 Å². The van der Waals surface area contributed by atoms with E-state index in [-0.39, 0.29) is 24.0 Å². The zero-order valence-corrected chi connectivity index (χ0v) is 13.0. The van der Waals surface area contributed by atoms with Gasteiger partial charge in [-0.2, -0.15) is 0 Å². The number of carbonyl (C=O) groups is 2. The van der Waals surface area contributed by atoms with Crippen LogP contribution in [0.2, 0.25) is 0 Å². The lowest BCUT2D eigenvalue weighted by molar-refractivity contribution is -0.141. The van der Waals surface area contributed by atoms with Crippen molar-refractivity contribution in [2.75, 3.05) is 19.6 Å². The maximum atomic E-state index is 12.3. The third-order valence-electron chi connectivity index (χ3n) is 3.00. The molecular formula is C15H29N3O2. The van der Waals surface area contributed by atoms with Gasteiger partial charge in [-0.15, -0.1) is 6.58 Å². The molecule has 3 N–H and O–H groups in total. The van der Waals surface area contributed by atoms with E-state index in [1.165, 1.54) is 0 Å². The molecule has 5 nitrogen and oxygen atoms in total. The number of nitrogens with zero attached hydrogens (tertiary/aromatic N) is 1. The van der Waals surface area contributed by atoms with Crippen LogP contribution in [0.4, 0.5) is 0 Å². The molecule has 0 spiro atoms. The minimum atomic E-state index is -0.389. The first-order chi connectivity index (χ1) is 9.38. The Labute approximate surface area is 122 Å². The fraction of sp³-hybridized carbons (Fsp3) is 0.733. The number of amides is 1. The highest BCUT2D eigenvalue weighted by atomic mass is 16.2. The molecule has 116 valence electrons. The molecule has 0 heterocycles. The summed E-state index contributed by atoms with van der Waals surface area (Å²) in [6, 6.07) is -0.389. The molecule has 0 saturated heterocycles. The van der Waals surface area contributed by atoms with Crippen LogP contribution in [0.15, 0.2) is 12.7 Å². The van der Waals surface area contributed by atoms with Gasteiger partial charge >= 0.3 is 0 Å². The van der Waals surface area contributed by atoms with Gasteiger partial charge in [-0.25, -0.2) is 0 Å². The van der Waals surface area contributed by atoms with Gasteiger partial charge in [0.2, 0.25) is 5.91 Å². The summed E-state index contributed by atoms with van der Waals surface area (Å²) < 4.78 is 0. The highest BCUT2D eigenvalue weighted by Crippen LogP contribution is 2.19. The van der Waals surface area contributed by atoms with Gasteiger partial charge < -0.3 is 20.7 Å². The third kappa shape index (κ3) is 6.82. The molecule has 0 aromatic heterocycles. The minimum absolute atomic E-state index is 0.0656. The number of hydrogen-bond acceptors (Lipinski definition) is 4. The Morgan fingerprint density at radius 1 is 1.40 bits per heavy atom. The van der Waals surface area contributed by atoms with Gasteiger partial charge in [0.15, 0.2) is 0 Å². The molecule has 1 atom stereocenters. The molecular weight excluding hydrogens is 254 g/mol. The van der Waals surface area contributed by atoms with E-state index < -0.39 is 0 Å². The van der Waals surface area contributed by atoms with E-state index in [0.717, 1.165) is 19.1 Å². The average Bonchev–Trinajstić information content (AvgIpc) is 2.36. The Hall–Kier alpha value is -1.20. The van der Waals surface area contributed by atoms with Crippen LogP contribution >= 0.6 is 0 Å². The summed E-state index contributed by atoms with van der Waals surface area (Å²) in [5, 5.41) is 2.99. The number of nitrogens with two attached hydrogens (primary N) is 1. The molecule has 0 saturated carbocycles. The lowest BCUT2D eigenvalue weighted by atomic mass is 9.99. The van der Waals surface area contributed by atoms with Gasteiger partial charge in [-0.05, 0) is 46.6 Å². The number of hydrogen-bond donors (Lipinski definition) is 2. The highest BCUT2D eigenvalue weighted by Gasteiger charge is 2.32. The maximum absolute atomic E-state index is 12.3. The molecule has 1 amide bonds. The molecule has 0 aromatic carbocycles. The van der Waals surface area contributed by atoms with Crippen molar-refractivity contribution in [1.82, 2.24) is 10.2 Å². The summed E-state index contributed by atoms with van der Waals surface area (Å²) >= 11 is 0. The second kappa shape index (κ2) is 9.66. The summed E-state index contributed by atoms with van der Waals surface area (Å²) in [5.41, 5.74) is 5.08. The second-order valence-corrected chi connectivity index (χ2v) is 5.84. The molecule has 0 aliphatic carbocycles. The van der Waals surface area contributed by atoms with Crippen LogP contribution < -0.4 is 11.1 Å². The molecule has 0 aliphatic heterocycles. The second-order valence-electron chi connectivity index (χ2n) is 5.84. The van der Waals surface area contributed by atoms with Crippen molar-refractivity contribution in [3.05, 3.63) is 12.7 Å². The zero-order chi connectivity index (χ0) is 15.6. The van der Waals surface area contributed by atoms with Crippen molar-refractivity contribution in [3.8, 4) is 0 Å². The predicted octanol–water partition coefficient (Wildman–Crippen LogP) is 1.09. The van der Waals surface area contributed by atoms with Crippen LogP contribution in [0, 0.1) is 0 Å². The number of aldehydes is 1. The minimum Gasteiger partial charge on any atom is -0.330 e. The Balaban J connectivity index is 4.78. The molecule has 0 bridgehead atoms. The van der Waals surface area contributed by atoms with E-state index in [1.807, 2.05) is 20.8 Å². The molecule has 20 heavy (non-hydrogen) atoms. The van der Waals surface area contributed by atoms with Crippen molar-refractivity contribution in [2.45, 2.75) is 51.6 Å². The van der Waals surface area contributed by atoms with Crippen LogP contribution in [0.1, 0.15) is 40.0 Å². The Morgan fingerprint density at radius 2 is 2.05 bits per heavy atom. The highest BCUT2D eigenvalue weighted by molar-refractivity contribution is 5.82. The summed E-state index contributed by atoms with van der Waals surface area (Å²) in [4.78, 5) is 25.4. The van der Waals surface area contributed by atoms with Crippen molar-refractivity contribution in [1.29, 1.82) is 0 Å². The summed E-state index contributed by atoms with van der Waals surface area (Å²) in [6.45, 7) is 10.8.